The van der Waals surface area contributed by atoms with Crippen molar-refractivity contribution in [2.24, 2.45) is 11.8 Å². The number of carbonyl (C=O) groups is 4. The summed E-state index contributed by atoms with van der Waals surface area (Å²) in [4.78, 5) is 50.7. The number of hydrogen-bond donors (Lipinski definition) is 4. The summed E-state index contributed by atoms with van der Waals surface area (Å²) in [6.07, 6.45) is -0.346. The van der Waals surface area contributed by atoms with Crippen molar-refractivity contribution in [1.82, 2.24) is 5.32 Å². The number of nitrogens with zero attached hydrogens (tertiary/aromatic N) is 1. The minimum Gasteiger partial charge on any atom is -0.428 e. The zero-order valence-corrected chi connectivity index (χ0v) is 26.8. The molecule has 0 aliphatic rings. The van der Waals surface area contributed by atoms with Crippen molar-refractivity contribution in [2.75, 3.05) is 42.0 Å². The van der Waals surface area contributed by atoms with Gasteiger partial charge in [0.15, 0.2) is 0 Å². The zero-order valence-electron chi connectivity index (χ0n) is 26.8. The maximum atomic E-state index is 13.0. The highest BCUT2D eigenvalue weighted by molar-refractivity contribution is 6.02. The van der Waals surface area contributed by atoms with E-state index >= 15 is 0 Å². The number of nitrogens with one attached hydrogen (secondary N) is 3. The molecule has 1 unspecified atom stereocenters. The van der Waals surface area contributed by atoms with Crippen molar-refractivity contribution in [2.45, 2.75) is 73.3 Å². The first-order valence-electron chi connectivity index (χ1n) is 15.1. The van der Waals surface area contributed by atoms with Crippen LogP contribution in [0.5, 0.6) is 0 Å². The van der Waals surface area contributed by atoms with Gasteiger partial charge in [-0.1, -0.05) is 51.5 Å². The fourth-order valence-electron chi connectivity index (χ4n) is 4.33. The Kier molecular flexibility index (Phi) is 15.2. The average Bonchev–Trinajstić information content (AvgIpc) is 2.94. The molecule has 44 heavy (non-hydrogen) atoms. The van der Waals surface area contributed by atoms with E-state index in [1.165, 1.54) is 6.92 Å². The molecule has 242 valence electrons. The summed E-state index contributed by atoms with van der Waals surface area (Å²) in [5, 5.41) is 17.5. The smallest absolute Gasteiger partial charge is 0.323 e. The first kappa shape index (κ1) is 36.1. The molecule has 0 bridgehead atoms. The van der Waals surface area contributed by atoms with Gasteiger partial charge in [0.2, 0.25) is 12.7 Å². The number of carbonyl (C=O) groups excluding carboxylic acids is 4. The molecular weight excluding hydrogens is 564 g/mol. The van der Waals surface area contributed by atoms with Crippen molar-refractivity contribution < 1.29 is 33.8 Å². The monoisotopic (exact) mass is 612 g/mol. The number of rotatable bonds is 17. The second-order valence-corrected chi connectivity index (χ2v) is 11.7. The van der Waals surface area contributed by atoms with Crippen LogP contribution in [0.15, 0.2) is 42.5 Å². The van der Waals surface area contributed by atoms with E-state index in [-0.39, 0.29) is 25.4 Å². The molecular formula is C33H48N4O7. The van der Waals surface area contributed by atoms with Crippen LogP contribution in [0.25, 0.3) is 0 Å². The molecule has 2 rings (SSSR count). The van der Waals surface area contributed by atoms with Crippen molar-refractivity contribution in [1.29, 1.82) is 0 Å². The molecule has 0 aromatic heterocycles. The van der Waals surface area contributed by atoms with Gasteiger partial charge in [-0.05, 0) is 68.4 Å². The molecule has 0 spiro atoms. The predicted molar refractivity (Wildman–Crippen MR) is 171 cm³/mol. The number of ether oxygens (including phenoxy) is 2. The van der Waals surface area contributed by atoms with Crippen LogP contribution < -0.4 is 20.9 Å². The van der Waals surface area contributed by atoms with Crippen molar-refractivity contribution in [3.63, 3.8) is 0 Å². The number of urea groups is 1. The topological polar surface area (TPSA) is 146 Å². The largest absolute Gasteiger partial charge is 0.428 e. The van der Waals surface area contributed by atoms with E-state index in [1.54, 1.807) is 0 Å². The van der Waals surface area contributed by atoms with Crippen LogP contribution in [0.2, 0.25) is 0 Å². The van der Waals surface area contributed by atoms with Crippen LogP contribution in [-0.4, -0.2) is 61.5 Å². The highest BCUT2D eigenvalue weighted by atomic mass is 16.7. The molecule has 2 aromatic rings. The van der Waals surface area contributed by atoms with Gasteiger partial charge in [0.05, 0.1) is 11.4 Å². The Morgan fingerprint density at radius 3 is 2.05 bits per heavy atom. The molecule has 0 heterocycles. The fourth-order valence-corrected chi connectivity index (χ4v) is 4.33. The Labute approximate surface area is 260 Å². The Bertz CT molecular complexity index is 1220. The third-order valence-electron chi connectivity index (χ3n) is 6.42. The van der Waals surface area contributed by atoms with E-state index in [9.17, 15) is 19.2 Å². The van der Waals surface area contributed by atoms with E-state index in [1.807, 2.05) is 49.4 Å². The summed E-state index contributed by atoms with van der Waals surface area (Å²) in [6, 6.07) is 13.0. The Hall–Kier alpha value is -4.12. The number of anilines is 3. The molecule has 0 saturated heterocycles. The van der Waals surface area contributed by atoms with Crippen molar-refractivity contribution in [3.8, 4) is 0 Å². The molecule has 0 radical (unpaired) electrons. The fraction of sp³-hybridized carbons (Fsp3) is 0.515. The molecule has 11 nitrogen and oxygen atoms in total. The summed E-state index contributed by atoms with van der Waals surface area (Å²) in [6.45, 7) is 13.3. The van der Waals surface area contributed by atoms with Gasteiger partial charge in [0, 0.05) is 38.2 Å². The number of amides is 3. The predicted octanol–water partition coefficient (Wildman–Crippen LogP) is 5.01. The molecule has 1 atom stereocenters. The van der Waals surface area contributed by atoms with E-state index in [2.05, 4.69) is 48.5 Å². The molecule has 3 amide bonds. The van der Waals surface area contributed by atoms with Crippen LogP contribution in [0.4, 0.5) is 21.9 Å². The Morgan fingerprint density at radius 1 is 0.841 bits per heavy atom. The van der Waals surface area contributed by atoms with Crippen LogP contribution in [-0.2, 0) is 30.3 Å². The summed E-state index contributed by atoms with van der Waals surface area (Å²) >= 11 is 0. The highest BCUT2D eigenvalue weighted by Crippen LogP contribution is 2.30. The van der Waals surface area contributed by atoms with E-state index in [4.69, 9.17) is 14.6 Å². The van der Waals surface area contributed by atoms with Crippen molar-refractivity contribution >= 4 is 40.9 Å². The number of hydrogen-bond acceptors (Lipinski definition) is 8. The molecule has 11 heteroatoms. The lowest BCUT2D eigenvalue weighted by Gasteiger charge is -2.30. The van der Waals surface area contributed by atoms with Crippen molar-refractivity contribution in [3.05, 3.63) is 53.6 Å². The van der Waals surface area contributed by atoms with Crippen LogP contribution >= 0.6 is 0 Å². The Balaban J connectivity index is 1.99. The minimum absolute atomic E-state index is 0.0297. The third kappa shape index (κ3) is 13.9. The number of esters is 2. The lowest BCUT2D eigenvalue weighted by atomic mass is 10.1. The normalized spacial score (nSPS) is 11.6. The number of aliphatic hydroxyl groups is 1. The van der Waals surface area contributed by atoms with E-state index in [0.29, 0.717) is 36.1 Å². The molecule has 0 saturated carbocycles. The van der Waals surface area contributed by atoms with Gasteiger partial charge in [-0.3, -0.25) is 14.4 Å². The second kappa shape index (κ2) is 18.5. The van der Waals surface area contributed by atoms with Gasteiger partial charge in [-0.2, -0.15) is 0 Å². The standard InChI is InChI=1S/C33H48N4O7/c1-22(2)19-37(20-23(3)4)29-15-11-26(18-28(29)36-33(42)35-27-13-9-24(5)10-14-27)12-16-31(40)44-21-43-30(39)8-7-17-34-32(41)25(6)38/h9-11,13-15,18,22-23,25,38H,7-8,12,16-17,19-21H2,1-6H3,(H,34,41)(H2,35,36,42). The third-order valence-corrected chi connectivity index (χ3v) is 6.42. The first-order valence-corrected chi connectivity index (χ1v) is 15.1. The van der Waals surface area contributed by atoms with E-state index < -0.39 is 30.7 Å². The first-order chi connectivity index (χ1) is 20.8. The summed E-state index contributed by atoms with van der Waals surface area (Å²) in [5.74, 6) is -0.797. The second-order valence-electron chi connectivity index (χ2n) is 11.7. The summed E-state index contributed by atoms with van der Waals surface area (Å²) < 4.78 is 10.00. The van der Waals surface area contributed by atoms with E-state index in [0.717, 1.165) is 29.9 Å². The maximum absolute atomic E-state index is 13.0. The lowest BCUT2D eigenvalue weighted by molar-refractivity contribution is -0.167. The molecule has 2 aromatic carbocycles. The quantitative estimate of drug-likeness (QED) is 0.111. The minimum atomic E-state index is -1.12. The van der Waals surface area contributed by atoms with Gasteiger partial charge >= 0.3 is 18.0 Å². The van der Waals surface area contributed by atoms with Gasteiger partial charge in [-0.15, -0.1) is 0 Å². The van der Waals surface area contributed by atoms with Gasteiger partial charge in [0.25, 0.3) is 0 Å². The number of aliphatic hydroxyl groups excluding tert-OH is 1. The Morgan fingerprint density at radius 2 is 1.45 bits per heavy atom. The maximum Gasteiger partial charge on any atom is 0.323 e. The average molecular weight is 613 g/mol. The van der Waals surface area contributed by atoms with Gasteiger partial charge in [0.1, 0.15) is 6.10 Å². The number of aryl methyl sites for hydroxylation is 2. The van der Waals surface area contributed by atoms with Crippen LogP contribution in [0.1, 0.15) is 65.0 Å². The summed E-state index contributed by atoms with van der Waals surface area (Å²) in [7, 11) is 0. The highest BCUT2D eigenvalue weighted by Gasteiger charge is 2.18. The molecule has 0 aliphatic carbocycles. The van der Waals surface area contributed by atoms with Crippen LogP contribution in [0.3, 0.4) is 0 Å². The van der Waals surface area contributed by atoms with Crippen LogP contribution in [0, 0.1) is 18.8 Å². The van der Waals surface area contributed by atoms with Gasteiger partial charge < -0.3 is 35.4 Å². The molecule has 4 N–H and O–H groups in total. The molecule has 0 fully saturated rings. The zero-order chi connectivity index (χ0) is 32.6. The SMILES string of the molecule is Cc1ccc(NC(=O)Nc2cc(CCC(=O)OCOC(=O)CCCNC(=O)C(C)O)ccc2N(CC(C)C)CC(C)C)cc1. The number of benzene rings is 2. The summed E-state index contributed by atoms with van der Waals surface area (Å²) in [5.41, 5.74) is 4.15. The van der Waals surface area contributed by atoms with Gasteiger partial charge in [-0.25, -0.2) is 4.79 Å². The lowest BCUT2D eigenvalue weighted by Crippen LogP contribution is -2.33. The molecule has 0 aliphatic heterocycles.